The van der Waals surface area contributed by atoms with Crippen molar-refractivity contribution in [3.63, 3.8) is 0 Å². The minimum absolute atomic E-state index is 0.0963. The summed E-state index contributed by atoms with van der Waals surface area (Å²) in [6.45, 7) is 13.3. The van der Waals surface area contributed by atoms with Crippen LogP contribution >= 0.6 is 11.6 Å². The SMILES string of the molecule is CC(C)(C)c1ccc2c(c1)c1cccc3c4cc(B5OC(C)(C)C(C)(Cc6ccc(-c7ccnc(Cl)c7)cc6)O5)ccc4n2c31. The van der Waals surface area contributed by atoms with Crippen molar-refractivity contribution in [3.8, 4) is 11.1 Å². The van der Waals surface area contributed by atoms with Crippen molar-refractivity contribution in [2.24, 2.45) is 0 Å². The van der Waals surface area contributed by atoms with Crippen molar-refractivity contribution in [1.82, 2.24) is 9.38 Å². The van der Waals surface area contributed by atoms with Gasteiger partial charge in [-0.05, 0) is 84.2 Å². The molecule has 7 aromatic rings. The predicted octanol–water partition coefficient (Wildman–Crippen LogP) is 9.37. The molecule has 4 nitrogen and oxygen atoms in total. The Morgan fingerprint density at radius 3 is 2.13 bits per heavy atom. The lowest BCUT2D eigenvalue weighted by atomic mass is 9.78. The molecular weight excluding hydrogens is 575 g/mol. The molecule has 0 aliphatic carbocycles. The number of rotatable bonds is 4. The van der Waals surface area contributed by atoms with Crippen LogP contribution in [0.1, 0.15) is 52.7 Å². The second-order valence-corrected chi connectivity index (χ2v) is 14.7. The number of benzene rings is 4. The Kier molecular flexibility index (Phi) is 6.22. The van der Waals surface area contributed by atoms with Gasteiger partial charge in [0.05, 0.1) is 27.8 Å². The van der Waals surface area contributed by atoms with E-state index in [1.807, 2.05) is 12.1 Å². The van der Waals surface area contributed by atoms with Crippen LogP contribution in [-0.4, -0.2) is 27.7 Å². The maximum absolute atomic E-state index is 6.84. The number of aromatic nitrogens is 2. The minimum atomic E-state index is -0.523. The van der Waals surface area contributed by atoms with E-state index in [0.717, 1.165) is 23.0 Å². The lowest BCUT2D eigenvalue weighted by molar-refractivity contribution is -0.00876. The van der Waals surface area contributed by atoms with Crippen molar-refractivity contribution < 1.29 is 9.31 Å². The molecule has 1 fully saturated rings. The Balaban J connectivity index is 1.13. The summed E-state index contributed by atoms with van der Waals surface area (Å²) in [5.41, 5.74) is 8.55. The van der Waals surface area contributed by atoms with E-state index >= 15 is 0 Å². The maximum Gasteiger partial charge on any atom is 0.494 e. The van der Waals surface area contributed by atoms with Crippen LogP contribution in [0.3, 0.4) is 0 Å². The van der Waals surface area contributed by atoms with Crippen LogP contribution in [0.2, 0.25) is 5.15 Å². The predicted molar refractivity (Wildman–Crippen MR) is 188 cm³/mol. The molecule has 1 saturated heterocycles. The van der Waals surface area contributed by atoms with Gasteiger partial charge in [0.1, 0.15) is 5.15 Å². The van der Waals surface area contributed by atoms with Gasteiger partial charge in [-0.25, -0.2) is 4.98 Å². The maximum atomic E-state index is 6.84. The van der Waals surface area contributed by atoms with E-state index in [0.29, 0.717) is 5.15 Å². The standard InChI is InChI=1S/C39H36BClN2O2/c1-37(2,3)27-14-16-33-31(21-27)29-8-7-9-30-32-22-28(15-17-34(32)43(33)36(29)30)40-44-38(4,5)39(6,45-40)23-24-10-12-25(13-11-24)26-18-19-42-35(41)20-26/h7-22H,23H2,1-6H3. The third kappa shape index (κ3) is 4.47. The highest BCUT2D eigenvalue weighted by atomic mass is 35.5. The second-order valence-electron chi connectivity index (χ2n) is 14.3. The normalized spacial score (nSPS) is 18.7. The van der Waals surface area contributed by atoms with E-state index in [1.54, 1.807) is 6.20 Å². The van der Waals surface area contributed by atoms with Gasteiger partial charge in [-0.3, -0.25) is 0 Å². The van der Waals surface area contributed by atoms with Crippen LogP contribution in [-0.2, 0) is 21.1 Å². The molecule has 3 aromatic heterocycles. The molecule has 0 bridgehead atoms. The zero-order chi connectivity index (χ0) is 31.3. The molecule has 0 amide bonds. The Morgan fingerprint density at radius 1 is 0.756 bits per heavy atom. The monoisotopic (exact) mass is 610 g/mol. The Morgan fingerprint density at radius 2 is 1.44 bits per heavy atom. The van der Waals surface area contributed by atoms with Crippen molar-refractivity contribution in [1.29, 1.82) is 0 Å². The van der Waals surface area contributed by atoms with Gasteiger partial charge in [0.15, 0.2) is 0 Å². The number of para-hydroxylation sites is 1. The highest BCUT2D eigenvalue weighted by Gasteiger charge is 2.54. The molecule has 0 spiro atoms. The largest absolute Gasteiger partial charge is 0.494 e. The molecular formula is C39H36BClN2O2. The first-order valence-corrected chi connectivity index (χ1v) is 16.1. The highest BCUT2D eigenvalue weighted by Crippen LogP contribution is 2.42. The molecule has 1 atom stereocenters. The zero-order valence-electron chi connectivity index (χ0n) is 26.6. The minimum Gasteiger partial charge on any atom is -0.399 e. The van der Waals surface area contributed by atoms with Crippen LogP contribution in [0.25, 0.3) is 49.2 Å². The third-order valence-electron chi connectivity index (χ3n) is 10.1. The molecule has 224 valence electrons. The van der Waals surface area contributed by atoms with E-state index < -0.39 is 18.3 Å². The quantitative estimate of drug-likeness (QED) is 0.147. The summed E-state index contributed by atoms with van der Waals surface area (Å²) < 4.78 is 16.0. The fraction of sp³-hybridized carbons (Fsp3) is 0.256. The van der Waals surface area contributed by atoms with Gasteiger partial charge in [-0.2, -0.15) is 0 Å². The Labute approximate surface area is 269 Å². The first-order chi connectivity index (χ1) is 21.4. The van der Waals surface area contributed by atoms with Gasteiger partial charge in [0.25, 0.3) is 0 Å². The van der Waals surface area contributed by atoms with E-state index in [-0.39, 0.29) is 5.41 Å². The van der Waals surface area contributed by atoms with Crippen LogP contribution in [0.15, 0.2) is 97.2 Å². The first-order valence-electron chi connectivity index (χ1n) is 15.7. The molecule has 1 unspecified atom stereocenters. The second kappa shape index (κ2) is 9.80. The molecule has 8 rings (SSSR count). The summed E-state index contributed by atoms with van der Waals surface area (Å²) in [4.78, 5) is 4.10. The van der Waals surface area contributed by atoms with Crippen LogP contribution in [0.5, 0.6) is 0 Å². The van der Waals surface area contributed by atoms with E-state index in [2.05, 4.69) is 130 Å². The highest BCUT2D eigenvalue weighted by molar-refractivity contribution is 6.62. The Bertz CT molecular complexity index is 2250. The number of fused-ring (bicyclic) bond motifs is 6. The number of halogens is 1. The van der Waals surface area contributed by atoms with E-state index in [9.17, 15) is 0 Å². The molecule has 0 saturated carbocycles. The zero-order valence-corrected chi connectivity index (χ0v) is 27.4. The van der Waals surface area contributed by atoms with E-state index in [4.69, 9.17) is 20.9 Å². The molecule has 0 N–H and O–H groups in total. The van der Waals surface area contributed by atoms with Crippen LogP contribution in [0, 0.1) is 0 Å². The van der Waals surface area contributed by atoms with Gasteiger partial charge >= 0.3 is 7.12 Å². The number of pyridine rings is 1. The average Bonchev–Trinajstić information content (AvgIpc) is 3.60. The van der Waals surface area contributed by atoms with Gasteiger partial charge in [0.2, 0.25) is 0 Å². The molecule has 45 heavy (non-hydrogen) atoms. The van der Waals surface area contributed by atoms with Crippen molar-refractivity contribution >= 4 is 62.3 Å². The number of hydrogen-bond acceptors (Lipinski definition) is 3. The molecule has 1 aliphatic rings. The van der Waals surface area contributed by atoms with Crippen molar-refractivity contribution in [2.75, 3.05) is 0 Å². The first kappa shape index (κ1) is 28.6. The lowest BCUT2D eigenvalue weighted by Crippen LogP contribution is -2.46. The topological polar surface area (TPSA) is 35.8 Å². The third-order valence-corrected chi connectivity index (χ3v) is 10.3. The summed E-state index contributed by atoms with van der Waals surface area (Å²) in [5, 5.41) is 5.58. The lowest BCUT2D eigenvalue weighted by Gasteiger charge is -2.36. The molecule has 1 aliphatic heterocycles. The molecule has 0 radical (unpaired) electrons. The van der Waals surface area contributed by atoms with Crippen LogP contribution in [0.4, 0.5) is 0 Å². The fourth-order valence-electron chi connectivity index (χ4n) is 7.09. The number of hydrogen-bond donors (Lipinski definition) is 0. The van der Waals surface area contributed by atoms with Gasteiger partial charge < -0.3 is 13.7 Å². The summed E-state index contributed by atoms with van der Waals surface area (Å²) in [6.07, 6.45) is 2.46. The van der Waals surface area contributed by atoms with Crippen molar-refractivity contribution in [2.45, 2.75) is 64.6 Å². The molecule has 6 heteroatoms. The average molecular weight is 611 g/mol. The van der Waals surface area contributed by atoms with Gasteiger partial charge in [-0.1, -0.05) is 93.0 Å². The van der Waals surface area contributed by atoms with Gasteiger partial charge in [-0.15, -0.1) is 0 Å². The fourth-order valence-corrected chi connectivity index (χ4v) is 7.26. The summed E-state index contributed by atoms with van der Waals surface area (Å²) in [5.74, 6) is 0. The summed E-state index contributed by atoms with van der Waals surface area (Å²) >= 11 is 6.12. The summed E-state index contributed by atoms with van der Waals surface area (Å²) in [7, 11) is -0.459. The smallest absolute Gasteiger partial charge is 0.399 e. The summed E-state index contributed by atoms with van der Waals surface area (Å²) in [6, 6.07) is 32.8. The van der Waals surface area contributed by atoms with Crippen molar-refractivity contribution in [3.05, 3.63) is 113 Å². The molecule has 4 aromatic carbocycles. The van der Waals surface area contributed by atoms with Gasteiger partial charge in [0, 0.05) is 34.2 Å². The Hall–Kier alpha value is -3.90. The van der Waals surface area contributed by atoms with E-state index in [1.165, 1.54) is 49.2 Å². The molecule has 4 heterocycles. The van der Waals surface area contributed by atoms with Crippen LogP contribution < -0.4 is 5.46 Å². The number of nitrogens with zero attached hydrogens (tertiary/aromatic N) is 2.